The second-order valence-corrected chi connectivity index (χ2v) is 21.2. The minimum atomic E-state index is -0.734. The van der Waals surface area contributed by atoms with E-state index in [9.17, 15) is 0 Å². The topological polar surface area (TPSA) is 61.5 Å². The summed E-state index contributed by atoms with van der Waals surface area (Å²) in [5, 5.41) is 2.33. The van der Waals surface area contributed by atoms with E-state index < -0.39 is 11.1 Å². The molecule has 0 fully saturated rings. The molecule has 6 nitrogen and oxygen atoms in total. The summed E-state index contributed by atoms with van der Waals surface area (Å²) in [6, 6.07) is 33.4. The van der Waals surface area contributed by atoms with Crippen molar-refractivity contribution < 1.29 is 30.5 Å². The van der Waals surface area contributed by atoms with Gasteiger partial charge in [0.15, 0.2) is 0 Å². The van der Waals surface area contributed by atoms with Crippen molar-refractivity contribution in [2.45, 2.75) is 130 Å². The third-order valence-electron chi connectivity index (χ3n) is 14.5. The largest absolute Gasteiger partial charge is 2.00 e. The molecule has 0 bridgehead atoms. The Morgan fingerprint density at radius 3 is 2.19 bits per heavy atom. The Morgan fingerprint density at radius 1 is 0.742 bits per heavy atom. The summed E-state index contributed by atoms with van der Waals surface area (Å²) < 4.78 is 16.5. The Kier molecular flexibility index (Phi) is 9.18. The second-order valence-electron chi connectivity index (χ2n) is 21.2. The standard InChI is InChI=1S/C55H56N4O2.Pt/c1-31-22-38-37-18-17-19-39-47(37)59(48(38)57-30-31)44-29-45(32(2)23-40(44)52(39,9)10)60-36-25-33(43-20-15-16-21-56-43)24-34(26-36)49-58-55(14)53(11,12)46-41(51(6,7)8)27-35(50(3,4)5)28-42(46)54(55,13)61-49;/h15-25,27-28,30H,1-14H3;/q-2;+2/t54-,55+;/m0./s1. The summed E-state index contributed by atoms with van der Waals surface area (Å²) in [4.78, 5) is 15.4. The predicted octanol–water partition coefficient (Wildman–Crippen LogP) is 13.2. The maximum atomic E-state index is 7.31. The maximum Gasteiger partial charge on any atom is 2.00 e. The minimum absolute atomic E-state index is 0. The minimum Gasteiger partial charge on any atom is -0.508 e. The molecule has 3 aromatic heterocycles. The molecule has 3 aliphatic rings. The molecule has 0 unspecified atom stereocenters. The first-order valence-corrected chi connectivity index (χ1v) is 21.7. The Balaban J connectivity index is 0.00000490. The zero-order valence-electron chi connectivity index (χ0n) is 38.5. The Morgan fingerprint density at radius 2 is 1.50 bits per heavy atom. The number of nitrogens with zero attached hydrogens (tertiary/aromatic N) is 4. The Labute approximate surface area is 381 Å². The average molecular weight is 1000 g/mol. The second kappa shape index (κ2) is 13.5. The molecule has 0 spiro atoms. The van der Waals surface area contributed by atoms with Crippen molar-refractivity contribution in [3.05, 3.63) is 147 Å². The number of hydrogen-bond donors (Lipinski definition) is 0. The molecule has 0 N–H and O–H groups in total. The van der Waals surface area contributed by atoms with Crippen LogP contribution in [-0.4, -0.2) is 26.0 Å². The Bertz CT molecular complexity index is 3050. The van der Waals surface area contributed by atoms with Crippen LogP contribution >= 0.6 is 0 Å². The van der Waals surface area contributed by atoms with E-state index in [0.29, 0.717) is 17.4 Å². The predicted molar refractivity (Wildman–Crippen MR) is 248 cm³/mol. The molecular weight excluding hydrogens is 944 g/mol. The van der Waals surface area contributed by atoms with Crippen molar-refractivity contribution in [1.82, 2.24) is 14.5 Å². The average Bonchev–Trinajstić information content (AvgIpc) is 3.72. The van der Waals surface area contributed by atoms with E-state index in [0.717, 1.165) is 44.7 Å². The summed E-state index contributed by atoms with van der Waals surface area (Å²) in [6.07, 6.45) is 3.77. The van der Waals surface area contributed by atoms with Gasteiger partial charge in [-0.2, -0.15) is 6.07 Å². The molecule has 62 heavy (non-hydrogen) atoms. The molecule has 2 atom stereocenters. The summed E-state index contributed by atoms with van der Waals surface area (Å²) in [5.41, 5.74) is 13.2. The number of rotatable bonds is 4. The number of para-hydroxylation sites is 1. The number of pyridine rings is 2. The van der Waals surface area contributed by atoms with Crippen LogP contribution in [0.1, 0.15) is 133 Å². The normalized spacial score (nSPS) is 20.6. The third kappa shape index (κ3) is 5.80. The summed E-state index contributed by atoms with van der Waals surface area (Å²) in [6.45, 7) is 31.8. The van der Waals surface area contributed by atoms with Gasteiger partial charge in [0, 0.05) is 45.6 Å². The van der Waals surface area contributed by atoms with E-state index in [1.807, 2.05) is 36.7 Å². The van der Waals surface area contributed by atoms with Gasteiger partial charge in [-0.1, -0.05) is 142 Å². The SMILES string of the molecule is Cc1cnc2c(c1)c1cccc3c1n2-c1[c-]c(Oc2[c-]c(C4=N[C@]5(C)C(C)(C)c6c(C(C)(C)C)cc(C(C)(C)C)cc6[C@]5(C)O4)cc(-c4ccccn4)c2)c(C)cc1C3(C)C.[Pt+2]. The molecule has 10 rings (SSSR count). The number of benzene rings is 4. The van der Waals surface area contributed by atoms with Crippen molar-refractivity contribution in [2.75, 3.05) is 0 Å². The van der Waals surface area contributed by atoms with Crippen LogP contribution in [0.25, 0.3) is 38.9 Å². The number of aryl methyl sites for hydroxylation is 2. The van der Waals surface area contributed by atoms with Gasteiger partial charge in [-0.15, -0.1) is 23.3 Å². The summed E-state index contributed by atoms with van der Waals surface area (Å²) >= 11 is 0. The third-order valence-corrected chi connectivity index (χ3v) is 14.5. The number of aliphatic imine (C=N–C) groups is 1. The molecule has 2 aliphatic heterocycles. The van der Waals surface area contributed by atoms with E-state index in [1.54, 1.807) is 0 Å². The maximum absolute atomic E-state index is 7.31. The van der Waals surface area contributed by atoms with Crippen LogP contribution in [0, 0.1) is 26.0 Å². The van der Waals surface area contributed by atoms with Gasteiger partial charge in [0.25, 0.3) is 0 Å². The van der Waals surface area contributed by atoms with Gasteiger partial charge in [0.2, 0.25) is 0 Å². The zero-order valence-corrected chi connectivity index (χ0v) is 40.8. The van der Waals surface area contributed by atoms with Gasteiger partial charge in [0.05, 0.1) is 11.2 Å². The van der Waals surface area contributed by atoms with E-state index in [4.69, 9.17) is 24.4 Å². The number of hydrogen-bond acceptors (Lipinski definition) is 5. The van der Waals surface area contributed by atoms with Gasteiger partial charge >= 0.3 is 21.1 Å². The fourth-order valence-electron chi connectivity index (χ4n) is 10.6. The first-order valence-electron chi connectivity index (χ1n) is 21.7. The van der Waals surface area contributed by atoms with Gasteiger partial charge < -0.3 is 14.0 Å². The fraction of sp³-hybridized carbons (Fsp3) is 0.364. The van der Waals surface area contributed by atoms with Gasteiger partial charge in [0.1, 0.15) is 22.7 Å². The van der Waals surface area contributed by atoms with E-state index >= 15 is 0 Å². The first kappa shape index (κ1) is 42.2. The van der Waals surface area contributed by atoms with Crippen LogP contribution in [0.2, 0.25) is 0 Å². The van der Waals surface area contributed by atoms with Crippen LogP contribution in [0.4, 0.5) is 0 Å². The van der Waals surface area contributed by atoms with Gasteiger partial charge in [-0.05, 0) is 83.0 Å². The molecule has 7 heteroatoms. The molecule has 4 aromatic carbocycles. The quantitative estimate of drug-likeness (QED) is 0.165. The van der Waals surface area contributed by atoms with Gasteiger partial charge in [-0.25, -0.2) is 4.98 Å². The molecular formula is C55H56N4O2Pt. The van der Waals surface area contributed by atoms with Crippen molar-refractivity contribution in [2.24, 2.45) is 4.99 Å². The van der Waals surface area contributed by atoms with E-state index in [1.165, 1.54) is 44.3 Å². The molecule has 318 valence electrons. The number of fused-ring (bicyclic) bond motifs is 8. The molecule has 1 aliphatic carbocycles. The van der Waals surface area contributed by atoms with Gasteiger partial charge in [-0.3, -0.25) is 9.98 Å². The van der Waals surface area contributed by atoms with E-state index in [-0.39, 0.29) is 42.7 Å². The van der Waals surface area contributed by atoms with E-state index in [2.05, 4.69) is 162 Å². The van der Waals surface area contributed by atoms with Crippen LogP contribution in [0.3, 0.4) is 0 Å². The first-order chi connectivity index (χ1) is 28.5. The molecule has 0 saturated heterocycles. The number of ether oxygens (including phenoxy) is 2. The Hall–Kier alpha value is -5.06. The molecule has 7 aromatic rings. The molecule has 0 saturated carbocycles. The summed E-state index contributed by atoms with van der Waals surface area (Å²) in [7, 11) is 0. The monoisotopic (exact) mass is 999 g/mol. The fourth-order valence-corrected chi connectivity index (χ4v) is 10.6. The molecule has 0 amide bonds. The van der Waals surface area contributed by atoms with Crippen molar-refractivity contribution in [3.63, 3.8) is 0 Å². The van der Waals surface area contributed by atoms with Crippen LogP contribution < -0.4 is 4.74 Å². The van der Waals surface area contributed by atoms with Crippen LogP contribution in [-0.2, 0) is 53.1 Å². The zero-order chi connectivity index (χ0) is 43.4. The van der Waals surface area contributed by atoms with Crippen molar-refractivity contribution in [1.29, 1.82) is 0 Å². The van der Waals surface area contributed by atoms with Crippen molar-refractivity contribution in [3.8, 4) is 28.4 Å². The van der Waals surface area contributed by atoms with Crippen molar-refractivity contribution >= 4 is 27.8 Å². The number of aromatic nitrogens is 3. The molecule has 0 radical (unpaired) electrons. The smallest absolute Gasteiger partial charge is 0.508 e. The van der Waals surface area contributed by atoms with Crippen LogP contribution in [0.15, 0.2) is 90.2 Å². The van der Waals surface area contributed by atoms with Crippen LogP contribution in [0.5, 0.6) is 11.5 Å². The molecule has 5 heterocycles. The summed E-state index contributed by atoms with van der Waals surface area (Å²) in [5.74, 6) is 1.71.